The number of fused-ring (bicyclic) bond motifs is 2. The lowest BCUT2D eigenvalue weighted by atomic mass is 9.70. The largest absolute Gasteiger partial charge is 0.486 e. The van der Waals surface area contributed by atoms with E-state index in [0.29, 0.717) is 32.2 Å². The molecule has 1 saturated carbocycles. The summed E-state index contributed by atoms with van der Waals surface area (Å²) < 4.78 is 11.2. The van der Waals surface area contributed by atoms with Gasteiger partial charge in [0.25, 0.3) is 0 Å². The van der Waals surface area contributed by atoms with E-state index >= 15 is 0 Å². The number of carbonyl (C=O) groups excluding carboxylic acids is 1. The molecule has 1 aromatic carbocycles. The lowest BCUT2D eigenvalue weighted by Crippen LogP contribution is -2.55. The fourth-order valence-corrected chi connectivity index (χ4v) is 3.60. The van der Waals surface area contributed by atoms with Gasteiger partial charge in [0.2, 0.25) is 0 Å². The third kappa shape index (κ3) is 2.18. The minimum Gasteiger partial charge on any atom is -0.486 e. The molecule has 1 saturated heterocycles. The van der Waals surface area contributed by atoms with E-state index in [2.05, 4.69) is 5.32 Å². The Bertz CT molecular complexity index is 606. The Morgan fingerprint density at radius 3 is 3.00 bits per heavy atom. The summed E-state index contributed by atoms with van der Waals surface area (Å²) in [5, 5.41) is 2.97. The minimum atomic E-state index is -0.139. The highest BCUT2D eigenvalue weighted by atomic mass is 16.6. The smallest absolute Gasteiger partial charge is 0.317 e. The van der Waals surface area contributed by atoms with Crippen molar-refractivity contribution in [2.45, 2.75) is 24.9 Å². The highest BCUT2D eigenvalue weighted by Crippen LogP contribution is 2.42. The molecular formula is C16H21N3O3. The predicted octanol–water partition coefficient (Wildman–Crippen LogP) is 1.09. The normalized spacial score (nSPS) is 28.8. The van der Waals surface area contributed by atoms with Crippen LogP contribution in [0.15, 0.2) is 18.2 Å². The highest BCUT2D eigenvalue weighted by Gasteiger charge is 2.51. The Morgan fingerprint density at radius 2 is 2.27 bits per heavy atom. The summed E-state index contributed by atoms with van der Waals surface area (Å²) >= 11 is 0. The Morgan fingerprint density at radius 1 is 1.41 bits per heavy atom. The number of carbonyl (C=O) groups is 1. The van der Waals surface area contributed by atoms with E-state index in [-0.39, 0.29) is 11.6 Å². The van der Waals surface area contributed by atoms with E-state index < -0.39 is 0 Å². The molecule has 4 rings (SSSR count). The van der Waals surface area contributed by atoms with Crippen LogP contribution in [-0.2, 0) is 6.54 Å². The van der Waals surface area contributed by atoms with Crippen molar-refractivity contribution in [1.82, 2.24) is 10.2 Å². The maximum Gasteiger partial charge on any atom is 0.317 e. The lowest BCUT2D eigenvalue weighted by molar-refractivity contribution is 0.169. The van der Waals surface area contributed by atoms with Gasteiger partial charge in [0.1, 0.15) is 13.2 Å². The predicted molar refractivity (Wildman–Crippen MR) is 80.9 cm³/mol. The van der Waals surface area contributed by atoms with Crippen LogP contribution in [0.1, 0.15) is 18.4 Å². The highest BCUT2D eigenvalue weighted by molar-refractivity contribution is 5.75. The average molecular weight is 303 g/mol. The number of benzene rings is 1. The van der Waals surface area contributed by atoms with Gasteiger partial charge >= 0.3 is 6.03 Å². The molecule has 2 fully saturated rings. The number of rotatable bonds is 2. The number of hydrogen-bond donors (Lipinski definition) is 2. The van der Waals surface area contributed by atoms with Crippen molar-refractivity contribution < 1.29 is 14.3 Å². The molecule has 0 spiro atoms. The molecule has 0 unspecified atom stereocenters. The molecular weight excluding hydrogens is 282 g/mol. The molecule has 6 heteroatoms. The molecule has 1 aliphatic carbocycles. The van der Waals surface area contributed by atoms with Crippen LogP contribution < -0.4 is 20.5 Å². The molecule has 1 aromatic rings. The van der Waals surface area contributed by atoms with Crippen molar-refractivity contribution in [3.05, 3.63) is 23.8 Å². The quantitative estimate of drug-likeness (QED) is 0.857. The minimum absolute atomic E-state index is 0.0476. The summed E-state index contributed by atoms with van der Waals surface area (Å²) in [6, 6.07) is 5.70. The Balaban J connectivity index is 1.40. The van der Waals surface area contributed by atoms with Gasteiger partial charge in [-0.15, -0.1) is 0 Å². The third-order valence-corrected chi connectivity index (χ3v) is 5.06. The lowest BCUT2D eigenvalue weighted by Gasteiger charge is -2.39. The topological polar surface area (TPSA) is 76.8 Å². The summed E-state index contributed by atoms with van der Waals surface area (Å²) in [6.45, 7) is 2.98. The maximum atomic E-state index is 12.3. The van der Waals surface area contributed by atoms with Gasteiger partial charge in [0, 0.05) is 30.7 Å². The first-order chi connectivity index (χ1) is 10.7. The molecule has 0 bridgehead atoms. The van der Waals surface area contributed by atoms with E-state index in [1.165, 1.54) is 0 Å². The average Bonchev–Trinajstić information content (AvgIpc) is 2.77. The van der Waals surface area contributed by atoms with Crippen LogP contribution in [0.4, 0.5) is 4.79 Å². The summed E-state index contributed by atoms with van der Waals surface area (Å²) in [4.78, 5) is 14.2. The van der Waals surface area contributed by atoms with Crippen LogP contribution in [0.2, 0.25) is 0 Å². The first-order valence-corrected chi connectivity index (χ1v) is 7.85. The van der Waals surface area contributed by atoms with Gasteiger partial charge in [0.15, 0.2) is 11.5 Å². The molecule has 2 amide bonds. The van der Waals surface area contributed by atoms with Crippen molar-refractivity contribution in [2.75, 3.05) is 26.3 Å². The number of hydrogen-bond acceptors (Lipinski definition) is 4. The van der Waals surface area contributed by atoms with Gasteiger partial charge in [-0.1, -0.05) is 12.1 Å². The maximum absolute atomic E-state index is 12.3. The number of ether oxygens (including phenoxy) is 2. The van der Waals surface area contributed by atoms with Crippen LogP contribution in [0.3, 0.4) is 0 Å². The van der Waals surface area contributed by atoms with Gasteiger partial charge < -0.3 is 25.4 Å². The zero-order valence-electron chi connectivity index (χ0n) is 12.5. The fraction of sp³-hybridized carbons (Fsp3) is 0.562. The van der Waals surface area contributed by atoms with E-state index in [0.717, 1.165) is 36.4 Å². The van der Waals surface area contributed by atoms with E-state index in [4.69, 9.17) is 15.2 Å². The van der Waals surface area contributed by atoms with Crippen LogP contribution in [0, 0.1) is 5.92 Å². The molecule has 22 heavy (non-hydrogen) atoms. The molecule has 2 atom stereocenters. The number of likely N-dealkylation sites (tertiary alicyclic amines) is 1. The summed E-state index contributed by atoms with van der Waals surface area (Å²) in [7, 11) is 0. The van der Waals surface area contributed by atoms with Gasteiger partial charge in [-0.2, -0.15) is 0 Å². The molecule has 118 valence electrons. The molecule has 0 aromatic heterocycles. The summed E-state index contributed by atoms with van der Waals surface area (Å²) in [5.74, 6) is 1.96. The summed E-state index contributed by atoms with van der Waals surface area (Å²) in [6.07, 6.45) is 2.16. The second-order valence-electron chi connectivity index (χ2n) is 6.45. The van der Waals surface area contributed by atoms with Crippen LogP contribution in [0.25, 0.3) is 0 Å². The molecule has 6 nitrogen and oxygen atoms in total. The zero-order chi connectivity index (χ0) is 15.2. The molecule has 3 N–H and O–H groups in total. The van der Waals surface area contributed by atoms with Gasteiger partial charge in [-0.05, 0) is 24.8 Å². The van der Waals surface area contributed by atoms with E-state index in [1.807, 2.05) is 23.1 Å². The molecule has 3 aliphatic rings. The molecule has 2 aliphatic heterocycles. The monoisotopic (exact) mass is 303 g/mol. The number of urea groups is 1. The van der Waals surface area contributed by atoms with Gasteiger partial charge in [0.05, 0.1) is 0 Å². The van der Waals surface area contributed by atoms with Crippen LogP contribution in [-0.4, -0.2) is 42.8 Å². The second-order valence-corrected chi connectivity index (χ2v) is 6.45. The number of nitrogens with one attached hydrogen (secondary N) is 1. The number of para-hydroxylation sites is 1. The standard InChI is InChI=1S/C16H21N3O3/c17-16-5-4-12(16)9-19(10-16)15(20)18-8-11-2-1-3-13-14(11)22-7-6-21-13/h1-3,12H,4-10,17H2,(H,18,20)/t12-,16-/m0/s1. The molecule has 0 radical (unpaired) electrons. The Labute approximate surface area is 129 Å². The van der Waals surface area contributed by atoms with Crippen molar-refractivity contribution in [3.8, 4) is 11.5 Å². The van der Waals surface area contributed by atoms with E-state index in [9.17, 15) is 4.79 Å². The first-order valence-electron chi connectivity index (χ1n) is 7.85. The second kappa shape index (κ2) is 5.05. The number of amides is 2. The van der Waals surface area contributed by atoms with Crippen molar-refractivity contribution in [3.63, 3.8) is 0 Å². The first kappa shape index (κ1) is 13.7. The fourth-order valence-electron chi connectivity index (χ4n) is 3.60. The Kier molecular flexibility index (Phi) is 3.14. The Hall–Kier alpha value is -1.95. The SMILES string of the molecule is N[C@]12CC[C@H]1CN(C(=O)NCc1cccc3c1OCCO3)C2. The third-order valence-electron chi connectivity index (χ3n) is 5.06. The van der Waals surface area contributed by atoms with Crippen molar-refractivity contribution in [1.29, 1.82) is 0 Å². The zero-order valence-corrected chi connectivity index (χ0v) is 12.5. The van der Waals surface area contributed by atoms with Crippen LogP contribution in [0.5, 0.6) is 11.5 Å². The molecule has 2 heterocycles. The number of nitrogens with two attached hydrogens (primary N) is 1. The van der Waals surface area contributed by atoms with E-state index in [1.54, 1.807) is 0 Å². The number of nitrogens with zero attached hydrogens (tertiary/aromatic N) is 1. The summed E-state index contributed by atoms with van der Waals surface area (Å²) in [5.41, 5.74) is 7.08. The van der Waals surface area contributed by atoms with Crippen LogP contribution >= 0.6 is 0 Å². The van der Waals surface area contributed by atoms with Gasteiger partial charge in [-0.25, -0.2) is 4.79 Å². The van der Waals surface area contributed by atoms with Crippen molar-refractivity contribution in [2.24, 2.45) is 11.7 Å². The van der Waals surface area contributed by atoms with Crippen molar-refractivity contribution >= 4 is 6.03 Å². The van der Waals surface area contributed by atoms with Gasteiger partial charge in [-0.3, -0.25) is 0 Å².